The Morgan fingerprint density at radius 1 is 1.45 bits per heavy atom. The van der Waals surface area contributed by atoms with E-state index in [4.69, 9.17) is 9.15 Å². The largest absolute Gasteiger partial charge is 0.490 e. The third-order valence-corrected chi connectivity index (χ3v) is 4.00. The molecule has 1 amide bonds. The number of amides is 1. The molecule has 0 saturated carbocycles. The Balaban J connectivity index is 1.77. The number of hydrogen-bond donors (Lipinski definition) is 1. The zero-order valence-corrected chi connectivity index (χ0v) is 11.4. The molecule has 2 saturated heterocycles. The van der Waals surface area contributed by atoms with Crippen molar-refractivity contribution in [2.75, 3.05) is 26.2 Å². The maximum Gasteiger partial charge on any atom is 0.490 e. The van der Waals surface area contributed by atoms with Crippen LogP contribution >= 0.6 is 0 Å². The number of esters is 1. The van der Waals surface area contributed by atoms with Crippen LogP contribution in [0.2, 0.25) is 0 Å². The van der Waals surface area contributed by atoms with Gasteiger partial charge in [-0.05, 0) is 12.1 Å². The van der Waals surface area contributed by atoms with E-state index in [9.17, 15) is 22.8 Å². The van der Waals surface area contributed by atoms with Crippen molar-refractivity contribution in [1.29, 1.82) is 0 Å². The first-order valence-corrected chi connectivity index (χ1v) is 6.65. The van der Waals surface area contributed by atoms with Gasteiger partial charge in [-0.1, -0.05) is 0 Å². The molecule has 6 nitrogen and oxygen atoms in total. The Labute approximate surface area is 123 Å². The summed E-state index contributed by atoms with van der Waals surface area (Å²) in [5, 5.41) is 2.91. The van der Waals surface area contributed by atoms with Crippen LogP contribution in [0.1, 0.15) is 10.6 Å². The van der Waals surface area contributed by atoms with Crippen molar-refractivity contribution in [2.24, 2.45) is 5.92 Å². The van der Waals surface area contributed by atoms with Gasteiger partial charge in [0.25, 0.3) is 5.91 Å². The maximum absolute atomic E-state index is 12.4. The normalized spacial score (nSPS) is 27.8. The molecule has 0 bridgehead atoms. The number of carbonyl (C=O) groups is 2. The maximum atomic E-state index is 12.4. The predicted molar refractivity (Wildman–Crippen MR) is 65.8 cm³/mol. The highest BCUT2D eigenvalue weighted by Crippen LogP contribution is 2.36. The first-order chi connectivity index (χ1) is 10.3. The minimum Gasteiger partial charge on any atom is -0.459 e. The van der Waals surface area contributed by atoms with Crippen LogP contribution in [0.15, 0.2) is 22.8 Å². The van der Waals surface area contributed by atoms with Crippen LogP contribution in [-0.4, -0.2) is 54.7 Å². The van der Waals surface area contributed by atoms with E-state index in [-0.39, 0.29) is 31.3 Å². The second kappa shape index (κ2) is 5.01. The third-order valence-electron chi connectivity index (χ3n) is 4.00. The van der Waals surface area contributed by atoms with Gasteiger partial charge in [0.1, 0.15) is 5.60 Å². The van der Waals surface area contributed by atoms with Gasteiger partial charge in [0.15, 0.2) is 5.76 Å². The number of carbonyl (C=O) groups excluding carboxylic acids is 2. The number of likely N-dealkylation sites (tertiary alicyclic amines) is 1. The number of nitrogens with zero attached hydrogens (tertiary/aromatic N) is 1. The molecular weight excluding hydrogens is 305 g/mol. The Morgan fingerprint density at radius 2 is 2.23 bits per heavy atom. The second-order valence-corrected chi connectivity index (χ2v) is 5.44. The topological polar surface area (TPSA) is 71.8 Å². The molecule has 0 radical (unpaired) electrons. The van der Waals surface area contributed by atoms with Gasteiger partial charge in [-0.3, -0.25) is 4.79 Å². The second-order valence-electron chi connectivity index (χ2n) is 5.44. The van der Waals surface area contributed by atoms with Gasteiger partial charge in [-0.2, -0.15) is 13.2 Å². The van der Waals surface area contributed by atoms with Crippen LogP contribution in [0.25, 0.3) is 0 Å². The number of rotatable bonds is 2. The lowest BCUT2D eigenvalue weighted by atomic mass is 9.95. The summed E-state index contributed by atoms with van der Waals surface area (Å²) in [5.41, 5.74) is -1.34. The Hall–Kier alpha value is -2.03. The van der Waals surface area contributed by atoms with Crippen LogP contribution < -0.4 is 5.32 Å². The van der Waals surface area contributed by atoms with E-state index >= 15 is 0 Å². The van der Waals surface area contributed by atoms with Gasteiger partial charge < -0.3 is 19.4 Å². The molecule has 3 rings (SSSR count). The van der Waals surface area contributed by atoms with Crippen molar-refractivity contribution in [3.8, 4) is 0 Å². The molecule has 22 heavy (non-hydrogen) atoms. The minimum atomic E-state index is -5.06. The van der Waals surface area contributed by atoms with Crippen LogP contribution in [0.4, 0.5) is 13.2 Å². The summed E-state index contributed by atoms with van der Waals surface area (Å²) in [7, 11) is 0. The van der Waals surface area contributed by atoms with E-state index < -0.39 is 23.7 Å². The fraction of sp³-hybridized carbons (Fsp3) is 0.538. The molecule has 0 spiro atoms. The zero-order valence-electron chi connectivity index (χ0n) is 11.4. The lowest BCUT2D eigenvalue weighted by Crippen LogP contribution is -2.47. The molecule has 2 unspecified atom stereocenters. The SMILES string of the molecule is O=C(c1ccco1)N1CC2CNCC2(OC(=O)C(F)(F)F)C1. The molecule has 120 valence electrons. The molecule has 2 aliphatic rings. The highest BCUT2D eigenvalue weighted by molar-refractivity contribution is 5.91. The number of halogens is 3. The van der Waals surface area contributed by atoms with Crippen molar-refractivity contribution in [2.45, 2.75) is 11.8 Å². The molecule has 1 N–H and O–H groups in total. The number of hydrogen-bond acceptors (Lipinski definition) is 5. The van der Waals surface area contributed by atoms with Crippen LogP contribution in [0.3, 0.4) is 0 Å². The molecule has 1 aromatic heterocycles. The molecule has 0 aliphatic carbocycles. The van der Waals surface area contributed by atoms with Crippen LogP contribution in [-0.2, 0) is 9.53 Å². The first-order valence-electron chi connectivity index (χ1n) is 6.65. The lowest BCUT2D eigenvalue weighted by molar-refractivity contribution is -0.213. The average molecular weight is 318 g/mol. The van der Waals surface area contributed by atoms with Crippen LogP contribution in [0, 0.1) is 5.92 Å². The molecular formula is C13H13F3N2O4. The highest BCUT2D eigenvalue weighted by atomic mass is 19.4. The molecule has 2 aliphatic heterocycles. The van der Waals surface area contributed by atoms with Crippen molar-refractivity contribution < 1.29 is 31.9 Å². The summed E-state index contributed by atoms with van der Waals surface area (Å²) in [4.78, 5) is 24.7. The molecule has 0 aromatic carbocycles. The number of furan rings is 1. The van der Waals surface area contributed by atoms with Gasteiger partial charge >= 0.3 is 12.1 Å². The molecule has 1 aromatic rings. The van der Waals surface area contributed by atoms with Crippen molar-refractivity contribution in [1.82, 2.24) is 10.2 Å². The van der Waals surface area contributed by atoms with E-state index in [1.165, 1.54) is 17.2 Å². The van der Waals surface area contributed by atoms with Crippen molar-refractivity contribution >= 4 is 11.9 Å². The standard InChI is InChI=1S/C13H13F3N2O4/c14-13(15,16)11(20)22-12-6-17-4-8(12)5-18(7-12)10(19)9-2-1-3-21-9/h1-3,8,17H,4-7H2. The highest BCUT2D eigenvalue weighted by Gasteiger charge is 2.57. The van der Waals surface area contributed by atoms with E-state index in [1.54, 1.807) is 6.07 Å². The van der Waals surface area contributed by atoms with E-state index in [0.717, 1.165) is 0 Å². The summed E-state index contributed by atoms with van der Waals surface area (Å²) in [5.74, 6) is -2.93. The quantitative estimate of drug-likeness (QED) is 0.817. The summed E-state index contributed by atoms with van der Waals surface area (Å²) in [6, 6.07) is 3.02. The van der Waals surface area contributed by atoms with Gasteiger partial charge in [0, 0.05) is 25.6 Å². The number of fused-ring (bicyclic) bond motifs is 1. The molecule has 2 fully saturated rings. The Morgan fingerprint density at radius 3 is 2.86 bits per heavy atom. The third kappa shape index (κ3) is 2.45. The number of alkyl halides is 3. The van der Waals surface area contributed by atoms with Crippen molar-refractivity contribution in [3.05, 3.63) is 24.2 Å². The van der Waals surface area contributed by atoms with Gasteiger partial charge in [0.05, 0.1) is 12.8 Å². The zero-order chi connectivity index (χ0) is 16.0. The summed E-state index contributed by atoms with van der Waals surface area (Å²) < 4.78 is 47.1. The van der Waals surface area contributed by atoms with Crippen LogP contribution in [0.5, 0.6) is 0 Å². The van der Waals surface area contributed by atoms with Gasteiger partial charge in [0.2, 0.25) is 0 Å². The molecule has 9 heteroatoms. The molecule has 2 atom stereocenters. The van der Waals surface area contributed by atoms with Gasteiger partial charge in [-0.15, -0.1) is 0 Å². The Kier molecular flexibility index (Phi) is 3.39. The first kappa shape index (κ1) is 14.9. The lowest BCUT2D eigenvalue weighted by Gasteiger charge is -2.28. The fourth-order valence-electron chi connectivity index (χ4n) is 2.96. The monoisotopic (exact) mass is 318 g/mol. The van der Waals surface area contributed by atoms with E-state index in [1.807, 2.05) is 0 Å². The summed E-state index contributed by atoms with van der Waals surface area (Å²) in [6.45, 7) is 0.582. The van der Waals surface area contributed by atoms with E-state index in [0.29, 0.717) is 6.54 Å². The number of nitrogens with one attached hydrogen (secondary N) is 1. The van der Waals surface area contributed by atoms with Gasteiger partial charge in [-0.25, -0.2) is 4.79 Å². The average Bonchev–Trinajstić information content (AvgIpc) is 3.11. The molecule has 3 heterocycles. The predicted octanol–water partition coefficient (Wildman–Crippen LogP) is 0.799. The van der Waals surface area contributed by atoms with E-state index in [2.05, 4.69) is 5.32 Å². The van der Waals surface area contributed by atoms with Crippen molar-refractivity contribution in [3.63, 3.8) is 0 Å². The fourth-order valence-corrected chi connectivity index (χ4v) is 2.96. The Bertz CT molecular complexity index is 587. The summed E-state index contributed by atoms with van der Waals surface area (Å²) in [6.07, 6.45) is -3.72. The minimum absolute atomic E-state index is 0.0847. The summed E-state index contributed by atoms with van der Waals surface area (Å²) >= 11 is 0. The number of ether oxygens (including phenoxy) is 1. The smallest absolute Gasteiger partial charge is 0.459 e.